The molecule has 21 heavy (non-hydrogen) atoms. The number of primary sulfonamides is 1. The predicted molar refractivity (Wildman–Crippen MR) is 80.1 cm³/mol. The van der Waals surface area contributed by atoms with E-state index in [4.69, 9.17) is 9.88 Å². The quantitative estimate of drug-likeness (QED) is 0.829. The molecule has 0 heterocycles. The Morgan fingerprint density at radius 3 is 2.38 bits per heavy atom. The number of methoxy groups -OCH3 is 1. The van der Waals surface area contributed by atoms with Gasteiger partial charge in [-0.2, -0.15) is 0 Å². The highest BCUT2D eigenvalue weighted by atomic mass is 32.2. The van der Waals surface area contributed by atoms with Crippen LogP contribution in [0.25, 0.3) is 0 Å². The fraction of sp³-hybridized carbons (Fsp3) is 0.500. The van der Waals surface area contributed by atoms with E-state index in [1.54, 1.807) is 31.4 Å². The van der Waals surface area contributed by atoms with Gasteiger partial charge in [-0.1, -0.05) is 12.1 Å². The number of anilines is 1. The van der Waals surface area contributed by atoms with Gasteiger partial charge in [0.25, 0.3) is 0 Å². The number of rotatable bonds is 6. The SMILES string of the molecule is COC1(CC(=O)Nc2ccc(CS(N)(=O)=O)cc2)CCC1. The summed E-state index contributed by atoms with van der Waals surface area (Å²) in [5, 5.41) is 7.77. The molecule has 0 atom stereocenters. The van der Waals surface area contributed by atoms with Crippen LogP contribution < -0.4 is 10.5 Å². The monoisotopic (exact) mass is 312 g/mol. The smallest absolute Gasteiger partial charge is 0.227 e. The lowest BCUT2D eigenvalue weighted by molar-refractivity contribution is -0.129. The number of nitrogens with one attached hydrogen (secondary N) is 1. The Hall–Kier alpha value is -1.44. The lowest BCUT2D eigenvalue weighted by Crippen LogP contribution is -2.42. The molecule has 0 radical (unpaired) electrons. The maximum atomic E-state index is 12.0. The molecule has 1 fully saturated rings. The third-order valence-corrected chi connectivity index (χ3v) is 4.52. The van der Waals surface area contributed by atoms with Gasteiger partial charge in [-0.25, -0.2) is 13.6 Å². The molecule has 1 aliphatic carbocycles. The highest BCUT2D eigenvalue weighted by Crippen LogP contribution is 2.38. The first-order valence-corrected chi connectivity index (χ1v) is 8.48. The molecule has 1 aliphatic rings. The molecule has 0 aromatic heterocycles. The maximum Gasteiger partial charge on any atom is 0.227 e. The van der Waals surface area contributed by atoms with Gasteiger partial charge >= 0.3 is 0 Å². The van der Waals surface area contributed by atoms with E-state index in [2.05, 4.69) is 5.32 Å². The molecular weight excluding hydrogens is 292 g/mol. The van der Waals surface area contributed by atoms with Crippen molar-refractivity contribution in [2.45, 2.75) is 37.0 Å². The average Bonchev–Trinajstić information content (AvgIpc) is 2.34. The highest BCUT2D eigenvalue weighted by Gasteiger charge is 2.38. The molecule has 1 saturated carbocycles. The second-order valence-corrected chi connectivity index (χ2v) is 7.08. The van der Waals surface area contributed by atoms with Gasteiger partial charge < -0.3 is 10.1 Å². The topological polar surface area (TPSA) is 98.5 Å². The molecule has 7 heteroatoms. The van der Waals surface area contributed by atoms with Crippen LogP contribution in [0, 0.1) is 0 Å². The van der Waals surface area contributed by atoms with Crippen LogP contribution in [0.1, 0.15) is 31.2 Å². The molecular formula is C14H20N2O4S. The summed E-state index contributed by atoms with van der Waals surface area (Å²) in [5.74, 6) is -0.315. The first kappa shape index (κ1) is 15.9. The lowest BCUT2D eigenvalue weighted by atomic mass is 9.77. The minimum absolute atomic E-state index is 0.101. The van der Waals surface area contributed by atoms with E-state index in [-0.39, 0.29) is 17.3 Å². The Bertz CT molecular complexity index is 601. The van der Waals surface area contributed by atoms with Crippen LogP contribution in [0.2, 0.25) is 0 Å². The van der Waals surface area contributed by atoms with E-state index in [1.165, 1.54) is 0 Å². The van der Waals surface area contributed by atoms with Crippen LogP contribution in [0.5, 0.6) is 0 Å². The van der Waals surface area contributed by atoms with Crippen molar-refractivity contribution in [1.82, 2.24) is 0 Å². The van der Waals surface area contributed by atoms with Gasteiger partial charge in [-0.05, 0) is 37.0 Å². The van der Waals surface area contributed by atoms with Crippen LogP contribution >= 0.6 is 0 Å². The zero-order valence-corrected chi connectivity index (χ0v) is 12.8. The minimum Gasteiger partial charge on any atom is -0.378 e. The van der Waals surface area contributed by atoms with Crippen molar-refractivity contribution in [2.75, 3.05) is 12.4 Å². The highest BCUT2D eigenvalue weighted by molar-refractivity contribution is 7.88. The molecule has 2 rings (SSSR count). The normalized spacial score (nSPS) is 17.0. The van der Waals surface area contributed by atoms with Crippen molar-refractivity contribution >= 4 is 21.6 Å². The number of ether oxygens (including phenoxy) is 1. The Labute approximate surface area is 124 Å². The molecule has 1 aromatic carbocycles. The van der Waals surface area contributed by atoms with Gasteiger partial charge in [0, 0.05) is 12.8 Å². The fourth-order valence-electron chi connectivity index (χ4n) is 2.44. The summed E-state index contributed by atoms with van der Waals surface area (Å²) in [5.41, 5.74) is 0.907. The van der Waals surface area contributed by atoms with Gasteiger partial charge in [0.15, 0.2) is 0 Å². The van der Waals surface area contributed by atoms with E-state index in [1.807, 2.05) is 0 Å². The van der Waals surface area contributed by atoms with Gasteiger partial charge in [-0.15, -0.1) is 0 Å². The molecule has 0 unspecified atom stereocenters. The van der Waals surface area contributed by atoms with Crippen LogP contribution in [0.15, 0.2) is 24.3 Å². The molecule has 0 aliphatic heterocycles. The largest absolute Gasteiger partial charge is 0.378 e. The van der Waals surface area contributed by atoms with Crippen LogP contribution in [0.3, 0.4) is 0 Å². The number of sulfonamides is 1. The third kappa shape index (κ3) is 4.52. The van der Waals surface area contributed by atoms with Crippen molar-refractivity contribution in [3.8, 4) is 0 Å². The fourth-order valence-corrected chi connectivity index (χ4v) is 3.10. The van der Waals surface area contributed by atoms with Crippen LogP contribution in [-0.4, -0.2) is 27.0 Å². The van der Waals surface area contributed by atoms with Gasteiger partial charge in [-0.3, -0.25) is 4.79 Å². The van der Waals surface area contributed by atoms with E-state index < -0.39 is 10.0 Å². The van der Waals surface area contributed by atoms with E-state index in [9.17, 15) is 13.2 Å². The first-order chi connectivity index (χ1) is 9.82. The number of hydrogen-bond donors (Lipinski definition) is 2. The molecule has 6 nitrogen and oxygen atoms in total. The van der Waals surface area contributed by atoms with Gasteiger partial charge in [0.2, 0.25) is 15.9 Å². The molecule has 0 saturated heterocycles. The van der Waals surface area contributed by atoms with Crippen molar-refractivity contribution in [1.29, 1.82) is 0 Å². The maximum absolute atomic E-state index is 12.0. The third-order valence-electron chi connectivity index (χ3n) is 3.79. The number of carbonyl (C=O) groups excluding carboxylic acids is 1. The van der Waals surface area contributed by atoms with Crippen LogP contribution in [-0.2, 0) is 25.3 Å². The summed E-state index contributed by atoms with van der Waals surface area (Å²) in [6.07, 6.45) is 3.24. The number of carbonyl (C=O) groups is 1. The summed E-state index contributed by atoms with van der Waals surface area (Å²) >= 11 is 0. The molecule has 0 bridgehead atoms. The zero-order valence-electron chi connectivity index (χ0n) is 12.0. The van der Waals surface area contributed by atoms with Crippen molar-refractivity contribution in [3.05, 3.63) is 29.8 Å². The molecule has 116 valence electrons. The lowest BCUT2D eigenvalue weighted by Gasteiger charge is -2.39. The van der Waals surface area contributed by atoms with E-state index in [0.29, 0.717) is 17.7 Å². The summed E-state index contributed by atoms with van der Waals surface area (Å²) in [4.78, 5) is 12.0. The van der Waals surface area contributed by atoms with E-state index >= 15 is 0 Å². The van der Waals surface area contributed by atoms with Gasteiger partial charge in [0.05, 0.1) is 17.8 Å². The zero-order chi connectivity index (χ0) is 15.5. The molecule has 1 aromatic rings. The van der Waals surface area contributed by atoms with Crippen LogP contribution in [0.4, 0.5) is 5.69 Å². The summed E-state index contributed by atoms with van der Waals surface area (Å²) < 4.78 is 27.4. The second-order valence-electron chi connectivity index (χ2n) is 5.47. The van der Waals surface area contributed by atoms with Crippen molar-refractivity contribution < 1.29 is 17.9 Å². The molecule has 0 spiro atoms. The van der Waals surface area contributed by atoms with Crippen molar-refractivity contribution in [3.63, 3.8) is 0 Å². The Morgan fingerprint density at radius 1 is 1.33 bits per heavy atom. The first-order valence-electron chi connectivity index (χ1n) is 6.76. The molecule has 3 N–H and O–H groups in total. The van der Waals surface area contributed by atoms with Crippen molar-refractivity contribution in [2.24, 2.45) is 5.14 Å². The van der Waals surface area contributed by atoms with E-state index in [0.717, 1.165) is 19.3 Å². The Balaban J connectivity index is 1.92. The summed E-state index contributed by atoms with van der Waals surface area (Å²) in [6.45, 7) is 0. The minimum atomic E-state index is -3.54. The number of nitrogens with two attached hydrogens (primary N) is 1. The second kappa shape index (κ2) is 6.13. The predicted octanol–water partition coefficient (Wildman–Crippen LogP) is 1.37. The number of hydrogen-bond acceptors (Lipinski definition) is 4. The summed E-state index contributed by atoms with van der Waals surface area (Å²) in [6, 6.07) is 6.60. The number of benzene rings is 1. The van der Waals surface area contributed by atoms with Gasteiger partial charge in [0.1, 0.15) is 0 Å². The summed E-state index contributed by atoms with van der Waals surface area (Å²) in [7, 11) is -1.91. The standard InChI is InChI=1S/C14H20N2O4S/c1-20-14(7-2-8-14)9-13(17)16-12-5-3-11(4-6-12)10-21(15,18)19/h3-6H,2,7-10H2,1H3,(H,16,17)(H2,15,18,19). The number of amides is 1. The molecule has 1 amide bonds. The Morgan fingerprint density at radius 2 is 1.95 bits per heavy atom. The average molecular weight is 312 g/mol. The Kier molecular flexibility index (Phi) is 4.65.